The fraction of sp³-hybridized carbons (Fsp3) is 0.667. The van der Waals surface area contributed by atoms with Gasteiger partial charge in [-0.2, -0.15) is 0 Å². The van der Waals surface area contributed by atoms with Crippen molar-refractivity contribution in [1.29, 1.82) is 0 Å². The van der Waals surface area contributed by atoms with Crippen LogP contribution in [0.4, 0.5) is 0 Å². The van der Waals surface area contributed by atoms with E-state index in [1.165, 1.54) is 0 Å². The van der Waals surface area contributed by atoms with Gasteiger partial charge in [0.2, 0.25) is 0 Å². The van der Waals surface area contributed by atoms with Gasteiger partial charge in [-0.3, -0.25) is 0 Å². The molecule has 0 aromatic heterocycles. The lowest BCUT2D eigenvalue weighted by molar-refractivity contribution is 0.628. The molecule has 0 saturated heterocycles. The number of halogens is 2. The van der Waals surface area contributed by atoms with Crippen molar-refractivity contribution in [2.75, 3.05) is 6.54 Å². The molecule has 2 nitrogen and oxygen atoms in total. The minimum Gasteiger partial charge on any atom is -0.352 e. The minimum atomic E-state index is -0.0100. The molecule has 0 aromatic carbocycles. The monoisotopic (exact) mass is 141 g/mol. The highest BCUT2D eigenvalue weighted by Crippen LogP contribution is 1.90. The van der Waals surface area contributed by atoms with Crippen molar-refractivity contribution in [1.82, 2.24) is 0 Å². The highest BCUT2D eigenvalue weighted by Gasteiger charge is 1.85. The molecule has 0 bridgehead atoms. The molecule has 0 rings (SSSR count). The lowest BCUT2D eigenvalue weighted by atomic mass is 10.8. The van der Waals surface area contributed by atoms with Crippen LogP contribution >= 0.6 is 23.5 Å². The Balaban J connectivity index is 3.29. The second-order valence-corrected chi connectivity index (χ2v) is 1.28. The van der Waals surface area contributed by atoms with Gasteiger partial charge in [-0.1, -0.05) is 0 Å². The molecular weight excluding hydrogens is 137 g/mol. The third-order valence-corrected chi connectivity index (χ3v) is 0.768. The second-order valence-electron chi connectivity index (χ2n) is 0.804. The predicted octanol–water partition coefficient (Wildman–Crippen LogP) is 1.77. The van der Waals surface area contributed by atoms with Crippen molar-refractivity contribution >= 4 is 28.8 Å². The second kappa shape index (κ2) is 4.22. The zero-order valence-electron chi connectivity index (χ0n) is 3.82. The summed E-state index contributed by atoms with van der Waals surface area (Å²) in [6.45, 7) is 2.42. The van der Waals surface area contributed by atoms with E-state index >= 15 is 0 Å². The Morgan fingerprint density at radius 2 is 2.43 bits per heavy atom. The molecule has 0 aliphatic carbocycles. The molecular formula is C3H5Cl2NO. The van der Waals surface area contributed by atoms with Gasteiger partial charge in [0.05, 0.1) is 0 Å². The summed E-state index contributed by atoms with van der Waals surface area (Å²) in [5, 5.41) is -0.0100. The summed E-state index contributed by atoms with van der Waals surface area (Å²) in [7, 11) is 0. The van der Waals surface area contributed by atoms with Crippen molar-refractivity contribution in [2.45, 2.75) is 6.92 Å². The summed E-state index contributed by atoms with van der Waals surface area (Å²) in [5.74, 6) is 0. The van der Waals surface area contributed by atoms with Gasteiger partial charge < -0.3 is 4.29 Å². The minimum absolute atomic E-state index is 0.0100. The van der Waals surface area contributed by atoms with Crippen molar-refractivity contribution in [3.63, 3.8) is 0 Å². The molecule has 0 amide bonds. The van der Waals surface area contributed by atoms with Crippen LogP contribution in [-0.2, 0) is 4.29 Å². The van der Waals surface area contributed by atoms with Gasteiger partial charge in [-0.05, 0) is 18.5 Å². The molecule has 0 spiro atoms. The van der Waals surface area contributed by atoms with Crippen molar-refractivity contribution < 1.29 is 4.29 Å². The molecule has 0 unspecified atom stereocenters. The maximum Gasteiger partial charge on any atom is 0.302 e. The van der Waals surface area contributed by atoms with E-state index in [0.29, 0.717) is 6.54 Å². The maximum atomic E-state index is 5.16. The standard InChI is InChI=1S/C3H5Cl2NO/c1-2-6-3(4)7-5/h2H2,1H3/b6-3-. The first-order chi connectivity index (χ1) is 3.31. The van der Waals surface area contributed by atoms with Gasteiger partial charge in [0.1, 0.15) is 11.9 Å². The van der Waals surface area contributed by atoms with E-state index in [4.69, 9.17) is 23.5 Å². The topological polar surface area (TPSA) is 21.6 Å². The van der Waals surface area contributed by atoms with E-state index < -0.39 is 0 Å². The fourth-order valence-electron chi connectivity index (χ4n) is 0.149. The zero-order chi connectivity index (χ0) is 5.70. The van der Waals surface area contributed by atoms with Crippen LogP contribution in [0.25, 0.3) is 0 Å². The van der Waals surface area contributed by atoms with Gasteiger partial charge in [0, 0.05) is 6.54 Å². The Hall–Kier alpha value is 0.0500. The van der Waals surface area contributed by atoms with Gasteiger partial charge in [0.15, 0.2) is 0 Å². The molecule has 0 fully saturated rings. The van der Waals surface area contributed by atoms with Crippen LogP contribution in [0.2, 0.25) is 0 Å². The van der Waals surface area contributed by atoms with Crippen LogP contribution in [0.5, 0.6) is 0 Å². The first-order valence-electron chi connectivity index (χ1n) is 1.79. The van der Waals surface area contributed by atoms with Crippen molar-refractivity contribution in [3.8, 4) is 0 Å². The lowest BCUT2D eigenvalue weighted by Gasteiger charge is -1.84. The molecule has 0 N–H and O–H groups in total. The van der Waals surface area contributed by atoms with Crippen molar-refractivity contribution in [3.05, 3.63) is 0 Å². The first kappa shape index (κ1) is 7.05. The van der Waals surface area contributed by atoms with E-state index in [9.17, 15) is 0 Å². The molecule has 0 radical (unpaired) electrons. The van der Waals surface area contributed by atoms with Crippen LogP contribution < -0.4 is 0 Å². The molecule has 42 valence electrons. The molecule has 0 saturated carbocycles. The van der Waals surface area contributed by atoms with Crippen LogP contribution in [0.1, 0.15) is 6.92 Å². The number of rotatable bonds is 1. The Bertz CT molecular complexity index is 73.3. The smallest absolute Gasteiger partial charge is 0.302 e. The highest BCUT2D eigenvalue weighted by molar-refractivity contribution is 6.64. The van der Waals surface area contributed by atoms with Crippen LogP contribution in [0.15, 0.2) is 4.99 Å². The molecule has 0 aliphatic rings. The van der Waals surface area contributed by atoms with Gasteiger partial charge in [0.25, 0.3) is 0 Å². The number of aliphatic imine (C=N–C) groups is 1. The Morgan fingerprint density at radius 3 is 2.57 bits per heavy atom. The average molecular weight is 142 g/mol. The van der Waals surface area contributed by atoms with E-state index in [1.807, 2.05) is 6.92 Å². The SMILES string of the molecule is CC/N=C(/Cl)OCl. The average Bonchev–Trinajstić information content (AvgIpc) is 1.68. The van der Waals surface area contributed by atoms with Gasteiger partial charge >= 0.3 is 5.36 Å². The largest absolute Gasteiger partial charge is 0.352 e. The highest BCUT2D eigenvalue weighted by atomic mass is 35.5. The number of nitrogens with zero attached hydrogens (tertiary/aromatic N) is 1. The Morgan fingerprint density at radius 1 is 1.86 bits per heavy atom. The summed E-state index contributed by atoms with van der Waals surface area (Å²) >= 11 is 9.93. The van der Waals surface area contributed by atoms with E-state index in [0.717, 1.165) is 0 Å². The zero-order valence-corrected chi connectivity index (χ0v) is 5.33. The van der Waals surface area contributed by atoms with E-state index in [1.54, 1.807) is 0 Å². The maximum absolute atomic E-state index is 5.16. The summed E-state index contributed by atoms with van der Waals surface area (Å²) < 4.78 is 3.98. The molecule has 0 heterocycles. The molecule has 0 aromatic rings. The quantitative estimate of drug-likeness (QED) is 0.403. The van der Waals surface area contributed by atoms with Crippen LogP contribution in [-0.4, -0.2) is 11.9 Å². The summed E-state index contributed by atoms with van der Waals surface area (Å²) in [6.07, 6.45) is 0. The number of hydrogen-bond donors (Lipinski definition) is 0. The molecule has 0 atom stereocenters. The van der Waals surface area contributed by atoms with Gasteiger partial charge in [-0.25, -0.2) is 4.99 Å². The number of hydrogen-bond acceptors (Lipinski definition) is 2. The summed E-state index contributed by atoms with van der Waals surface area (Å²) in [6, 6.07) is 0. The Kier molecular flexibility index (Phi) is 4.25. The van der Waals surface area contributed by atoms with Crippen molar-refractivity contribution in [2.24, 2.45) is 4.99 Å². The third kappa shape index (κ3) is 3.89. The van der Waals surface area contributed by atoms with E-state index in [-0.39, 0.29) is 5.36 Å². The first-order valence-corrected chi connectivity index (χ1v) is 2.48. The third-order valence-electron chi connectivity index (χ3n) is 0.346. The molecule has 7 heavy (non-hydrogen) atoms. The van der Waals surface area contributed by atoms with E-state index in [2.05, 4.69) is 9.28 Å². The fourth-order valence-corrected chi connectivity index (χ4v) is 0.317. The molecule has 4 heteroatoms. The van der Waals surface area contributed by atoms with Gasteiger partial charge in [-0.15, -0.1) is 0 Å². The summed E-state index contributed by atoms with van der Waals surface area (Å²) in [5.41, 5.74) is 0. The molecule has 0 aliphatic heterocycles. The van der Waals surface area contributed by atoms with Crippen LogP contribution in [0, 0.1) is 0 Å². The predicted molar refractivity (Wildman–Crippen MR) is 30.8 cm³/mol. The normalized spacial score (nSPS) is 11.6. The summed E-state index contributed by atoms with van der Waals surface area (Å²) in [4.78, 5) is 3.57. The van der Waals surface area contributed by atoms with Crippen LogP contribution in [0.3, 0.4) is 0 Å². The Labute approximate surface area is 52.3 Å². The lowest BCUT2D eigenvalue weighted by Crippen LogP contribution is -1.84.